The van der Waals surface area contributed by atoms with Crippen LogP contribution in [0, 0.1) is 0 Å². The maximum Gasteiger partial charge on any atom is 0.407 e. The van der Waals surface area contributed by atoms with Crippen molar-refractivity contribution in [2.24, 2.45) is 0 Å². The molecule has 1 saturated heterocycles. The van der Waals surface area contributed by atoms with E-state index in [2.05, 4.69) is 20.8 Å². The number of benzene rings is 1. The van der Waals surface area contributed by atoms with E-state index >= 15 is 0 Å². The molecule has 0 aromatic heterocycles. The molecule has 0 bridgehead atoms. The maximum absolute atomic E-state index is 11.1. The number of hydrogen-bond donors (Lipinski definition) is 2. The van der Waals surface area contributed by atoms with Crippen molar-refractivity contribution in [2.75, 3.05) is 12.3 Å². The van der Waals surface area contributed by atoms with Crippen LogP contribution >= 0.6 is 0 Å². The fraction of sp³-hybridized carbons (Fsp3) is 0.588. The lowest BCUT2D eigenvalue weighted by Crippen LogP contribution is -2.46. The molecule has 1 amide bonds. The van der Waals surface area contributed by atoms with E-state index in [1.807, 2.05) is 25.1 Å². The molecular weight excluding hydrogens is 280 g/mol. The summed E-state index contributed by atoms with van der Waals surface area (Å²) in [5, 5.41) is 9.14. The normalized spacial score (nSPS) is 22.5. The average molecular weight is 306 g/mol. The van der Waals surface area contributed by atoms with Gasteiger partial charge in [-0.1, -0.05) is 26.8 Å². The number of carboxylic acid groups (broad SMARTS) is 1. The first kappa shape index (κ1) is 16.5. The second-order valence-electron chi connectivity index (χ2n) is 7.09. The van der Waals surface area contributed by atoms with Gasteiger partial charge in [0.15, 0.2) is 0 Å². The van der Waals surface area contributed by atoms with E-state index < -0.39 is 6.09 Å². The third-order valence-corrected chi connectivity index (χ3v) is 4.18. The van der Waals surface area contributed by atoms with Gasteiger partial charge in [-0.25, -0.2) is 4.79 Å². The lowest BCUT2D eigenvalue weighted by atomic mass is 9.86. The Morgan fingerprint density at radius 2 is 2.09 bits per heavy atom. The van der Waals surface area contributed by atoms with Gasteiger partial charge in [-0.2, -0.15) is 0 Å². The highest BCUT2D eigenvalue weighted by molar-refractivity contribution is 5.65. The summed E-state index contributed by atoms with van der Waals surface area (Å²) < 4.78 is 6.19. The van der Waals surface area contributed by atoms with Gasteiger partial charge >= 0.3 is 6.09 Å². The number of likely N-dealkylation sites (tertiary alicyclic amines) is 1. The standard InChI is InChI=1S/C17H26N2O3/c1-11-9-13(7-8-19(11)16(20)21)22-15-10-12(18)5-6-14(15)17(2,3)4/h5-6,10-11,13H,7-9,18H2,1-4H3,(H,20,21). The fourth-order valence-corrected chi connectivity index (χ4v) is 2.96. The number of amides is 1. The van der Waals surface area contributed by atoms with E-state index in [0.717, 1.165) is 11.3 Å². The van der Waals surface area contributed by atoms with E-state index in [4.69, 9.17) is 15.6 Å². The molecule has 0 aliphatic carbocycles. The van der Waals surface area contributed by atoms with Gasteiger partial charge in [0.25, 0.3) is 0 Å². The molecule has 5 nitrogen and oxygen atoms in total. The topological polar surface area (TPSA) is 75.8 Å². The smallest absolute Gasteiger partial charge is 0.407 e. The van der Waals surface area contributed by atoms with Gasteiger partial charge in [-0.15, -0.1) is 0 Å². The molecule has 22 heavy (non-hydrogen) atoms. The van der Waals surface area contributed by atoms with Crippen LogP contribution < -0.4 is 10.5 Å². The Hall–Kier alpha value is -1.91. The Balaban J connectivity index is 2.15. The summed E-state index contributed by atoms with van der Waals surface area (Å²) in [6.45, 7) is 8.85. The van der Waals surface area contributed by atoms with Gasteiger partial charge in [0.1, 0.15) is 11.9 Å². The van der Waals surface area contributed by atoms with E-state index in [9.17, 15) is 4.79 Å². The Labute approximate surface area is 132 Å². The van der Waals surface area contributed by atoms with Crippen LogP contribution in [0.25, 0.3) is 0 Å². The van der Waals surface area contributed by atoms with Crippen LogP contribution in [0.5, 0.6) is 5.75 Å². The van der Waals surface area contributed by atoms with E-state index in [1.54, 1.807) is 0 Å². The first-order valence-electron chi connectivity index (χ1n) is 7.74. The van der Waals surface area contributed by atoms with Crippen LogP contribution in [0.15, 0.2) is 18.2 Å². The number of anilines is 1. The average Bonchev–Trinajstić information content (AvgIpc) is 2.36. The van der Waals surface area contributed by atoms with Gasteiger partial charge in [0, 0.05) is 37.2 Å². The van der Waals surface area contributed by atoms with Crippen molar-refractivity contribution in [1.29, 1.82) is 0 Å². The third-order valence-electron chi connectivity index (χ3n) is 4.18. The van der Waals surface area contributed by atoms with Gasteiger partial charge in [-0.05, 0) is 24.0 Å². The summed E-state index contributed by atoms with van der Waals surface area (Å²) in [5.41, 5.74) is 7.67. The van der Waals surface area contributed by atoms with Gasteiger partial charge in [0.2, 0.25) is 0 Å². The largest absolute Gasteiger partial charge is 0.490 e. The Morgan fingerprint density at radius 1 is 1.41 bits per heavy atom. The number of rotatable bonds is 2. The van der Waals surface area contributed by atoms with E-state index in [1.165, 1.54) is 4.90 Å². The molecule has 2 rings (SSSR count). The summed E-state index contributed by atoms with van der Waals surface area (Å²) in [4.78, 5) is 12.6. The van der Waals surface area contributed by atoms with Gasteiger partial charge in [-0.3, -0.25) is 0 Å². The number of nitrogens with zero attached hydrogens (tertiary/aromatic N) is 1. The van der Waals surface area contributed by atoms with Crippen molar-refractivity contribution in [3.8, 4) is 5.75 Å². The summed E-state index contributed by atoms with van der Waals surface area (Å²) in [6.07, 6.45) is 0.568. The molecule has 3 N–H and O–H groups in total. The molecule has 2 atom stereocenters. The van der Waals surface area contributed by atoms with Crippen molar-refractivity contribution in [3.63, 3.8) is 0 Å². The summed E-state index contributed by atoms with van der Waals surface area (Å²) in [7, 11) is 0. The van der Waals surface area contributed by atoms with Crippen molar-refractivity contribution in [3.05, 3.63) is 23.8 Å². The zero-order valence-electron chi connectivity index (χ0n) is 13.8. The van der Waals surface area contributed by atoms with Crippen molar-refractivity contribution >= 4 is 11.8 Å². The Morgan fingerprint density at radius 3 is 2.64 bits per heavy atom. The van der Waals surface area contributed by atoms with Crippen LogP contribution in [-0.4, -0.2) is 34.8 Å². The SMILES string of the molecule is CC1CC(Oc2cc(N)ccc2C(C)(C)C)CCN1C(=O)O. The van der Waals surface area contributed by atoms with Crippen molar-refractivity contribution in [2.45, 2.75) is 58.1 Å². The van der Waals surface area contributed by atoms with E-state index in [-0.39, 0.29) is 17.6 Å². The quantitative estimate of drug-likeness (QED) is 0.820. The highest BCUT2D eigenvalue weighted by atomic mass is 16.5. The summed E-state index contributed by atoms with van der Waals surface area (Å²) in [5.74, 6) is 0.813. The first-order chi connectivity index (χ1) is 10.2. The number of ether oxygens (including phenoxy) is 1. The molecule has 1 heterocycles. The monoisotopic (exact) mass is 306 g/mol. The van der Waals surface area contributed by atoms with Gasteiger partial charge in [0.05, 0.1) is 0 Å². The number of nitrogen functional groups attached to an aromatic ring is 1. The van der Waals surface area contributed by atoms with Crippen LogP contribution in [-0.2, 0) is 5.41 Å². The Bertz CT molecular complexity index is 551. The molecule has 0 saturated carbocycles. The molecule has 2 unspecified atom stereocenters. The maximum atomic E-state index is 11.1. The molecular formula is C17H26N2O3. The minimum Gasteiger partial charge on any atom is -0.490 e. The zero-order valence-corrected chi connectivity index (χ0v) is 13.8. The molecule has 0 radical (unpaired) electrons. The second-order valence-corrected chi connectivity index (χ2v) is 7.09. The number of nitrogens with two attached hydrogens (primary N) is 1. The molecule has 1 aliphatic heterocycles. The zero-order chi connectivity index (χ0) is 16.5. The molecule has 1 aromatic carbocycles. The second kappa shape index (κ2) is 6.07. The molecule has 1 aliphatic rings. The molecule has 122 valence electrons. The predicted molar refractivity (Wildman–Crippen MR) is 87.4 cm³/mol. The van der Waals surface area contributed by atoms with Crippen molar-refractivity contribution < 1.29 is 14.6 Å². The fourth-order valence-electron chi connectivity index (χ4n) is 2.96. The minimum absolute atomic E-state index is 0.0218. The Kier molecular flexibility index (Phi) is 4.54. The highest BCUT2D eigenvalue weighted by Crippen LogP contribution is 2.34. The van der Waals surface area contributed by atoms with Crippen molar-refractivity contribution in [1.82, 2.24) is 4.90 Å². The van der Waals surface area contributed by atoms with Gasteiger partial charge < -0.3 is 20.5 Å². The van der Waals surface area contributed by atoms with Crippen LogP contribution in [0.2, 0.25) is 0 Å². The summed E-state index contributed by atoms with van der Waals surface area (Å²) >= 11 is 0. The first-order valence-corrected chi connectivity index (χ1v) is 7.74. The van der Waals surface area contributed by atoms with Crippen LogP contribution in [0.4, 0.5) is 10.5 Å². The third kappa shape index (κ3) is 3.64. The molecule has 0 spiro atoms. The highest BCUT2D eigenvalue weighted by Gasteiger charge is 2.30. The lowest BCUT2D eigenvalue weighted by Gasteiger charge is -2.36. The number of piperidine rings is 1. The van der Waals surface area contributed by atoms with Crippen LogP contribution in [0.3, 0.4) is 0 Å². The predicted octanol–water partition coefficient (Wildman–Crippen LogP) is 3.48. The molecule has 1 fully saturated rings. The molecule has 1 aromatic rings. The number of carbonyl (C=O) groups is 1. The summed E-state index contributed by atoms with van der Waals surface area (Å²) in [6, 6.07) is 5.74. The lowest BCUT2D eigenvalue weighted by molar-refractivity contribution is 0.0597. The van der Waals surface area contributed by atoms with E-state index in [0.29, 0.717) is 25.1 Å². The number of hydrogen-bond acceptors (Lipinski definition) is 3. The minimum atomic E-state index is -0.856. The molecule has 5 heteroatoms. The van der Waals surface area contributed by atoms with Crippen LogP contribution in [0.1, 0.15) is 46.1 Å².